The number of nitrogens with one attached hydrogen (secondary N) is 1. The van der Waals surface area contributed by atoms with Crippen molar-refractivity contribution in [3.05, 3.63) is 23.8 Å². The maximum Gasteiger partial charge on any atom is 0.231 e. The van der Waals surface area contributed by atoms with Gasteiger partial charge in [0.05, 0.1) is 6.42 Å². The van der Waals surface area contributed by atoms with Crippen LogP contribution in [0.15, 0.2) is 18.2 Å². The largest absolute Gasteiger partial charge is 0.399 e. The predicted octanol–water partition coefficient (Wildman–Crippen LogP) is 1.55. The van der Waals surface area contributed by atoms with E-state index in [1.54, 1.807) is 0 Å². The highest BCUT2D eigenvalue weighted by molar-refractivity contribution is 6.01. The van der Waals surface area contributed by atoms with Gasteiger partial charge in [0.15, 0.2) is 0 Å². The number of anilines is 2. The third-order valence-electron chi connectivity index (χ3n) is 4.26. The molecule has 1 aromatic rings. The molecule has 0 radical (unpaired) electrons. The molecule has 4 nitrogen and oxygen atoms in total. The van der Waals surface area contributed by atoms with E-state index in [-0.39, 0.29) is 5.91 Å². The molecule has 0 atom stereocenters. The van der Waals surface area contributed by atoms with E-state index in [0.717, 1.165) is 48.9 Å². The smallest absolute Gasteiger partial charge is 0.231 e. The van der Waals surface area contributed by atoms with Gasteiger partial charge in [-0.2, -0.15) is 0 Å². The Morgan fingerprint density at radius 3 is 2.89 bits per heavy atom. The number of fused-ring (bicyclic) bond motifs is 1. The molecule has 3 rings (SSSR count). The molecule has 0 spiro atoms. The summed E-state index contributed by atoms with van der Waals surface area (Å²) >= 11 is 0. The van der Waals surface area contributed by atoms with E-state index in [9.17, 15) is 4.79 Å². The molecule has 1 saturated heterocycles. The Morgan fingerprint density at radius 2 is 2.11 bits per heavy atom. The average molecular weight is 259 g/mol. The van der Waals surface area contributed by atoms with E-state index in [1.165, 1.54) is 12.8 Å². The Labute approximate surface area is 114 Å². The molecule has 0 aromatic heterocycles. The summed E-state index contributed by atoms with van der Waals surface area (Å²) in [6.45, 7) is 3.08. The Morgan fingerprint density at radius 1 is 1.32 bits per heavy atom. The lowest BCUT2D eigenvalue weighted by Gasteiger charge is -2.25. The van der Waals surface area contributed by atoms with Crippen LogP contribution in [0.2, 0.25) is 0 Å². The van der Waals surface area contributed by atoms with E-state index in [0.29, 0.717) is 6.42 Å². The third kappa shape index (κ3) is 2.59. The number of hydrogen-bond acceptors (Lipinski definition) is 3. The van der Waals surface area contributed by atoms with E-state index in [2.05, 4.69) is 5.32 Å². The Hall–Kier alpha value is -1.55. The van der Waals surface area contributed by atoms with Gasteiger partial charge < -0.3 is 16.0 Å². The number of piperidine rings is 1. The van der Waals surface area contributed by atoms with Crippen LogP contribution >= 0.6 is 0 Å². The molecule has 2 aliphatic heterocycles. The second-order valence-electron chi connectivity index (χ2n) is 5.59. The summed E-state index contributed by atoms with van der Waals surface area (Å²) in [5.41, 5.74) is 8.66. The van der Waals surface area contributed by atoms with E-state index < -0.39 is 0 Å². The molecule has 1 fully saturated rings. The van der Waals surface area contributed by atoms with Gasteiger partial charge in [-0.25, -0.2) is 0 Å². The average Bonchev–Trinajstić information content (AvgIpc) is 2.72. The van der Waals surface area contributed by atoms with Gasteiger partial charge in [0.2, 0.25) is 5.91 Å². The molecule has 1 aromatic carbocycles. The second kappa shape index (κ2) is 5.21. The van der Waals surface area contributed by atoms with Crippen LogP contribution in [-0.2, 0) is 11.2 Å². The minimum atomic E-state index is 0.217. The molecule has 2 aliphatic rings. The first-order chi connectivity index (χ1) is 9.24. The van der Waals surface area contributed by atoms with Crippen molar-refractivity contribution < 1.29 is 4.79 Å². The van der Waals surface area contributed by atoms with Crippen molar-refractivity contribution in [2.75, 3.05) is 30.3 Å². The molecule has 0 unspecified atom stereocenters. The van der Waals surface area contributed by atoms with E-state index in [1.807, 2.05) is 23.1 Å². The van der Waals surface area contributed by atoms with Gasteiger partial charge in [0, 0.05) is 17.9 Å². The Balaban J connectivity index is 1.66. The van der Waals surface area contributed by atoms with Crippen LogP contribution in [0.5, 0.6) is 0 Å². The Kier molecular flexibility index (Phi) is 3.42. The second-order valence-corrected chi connectivity index (χ2v) is 5.59. The van der Waals surface area contributed by atoms with Crippen LogP contribution in [0, 0.1) is 5.92 Å². The van der Waals surface area contributed by atoms with Crippen LogP contribution in [0.3, 0.4) is 0 Å². The molecule has 0 aliphatic carbocycles. The van der Waals surface area contributed by atoms with Gasteiger partial charge in [-0.1, -0.05) is 0 Å². The summed E-state index contributed by atoms with van der Waals surface area (Å²) in [7, 11) is 0. The zero-order chi connectivity index (χ0) is 13.2. The summed E-state index contributed by atoms with van der Waals surface area (Å²) in [6.07, 6.45) is 4.08. The van der Waals surface area contributed by atoms with Crippen molar-refractivity contribution in [2.45, 2.75) is 25.7 Å². The topological polar surface area (TPSA) is 58.4 Å². The maximum absolute atomic E-state index is 12.1. The number of nitrogens with two attached hydrogens (primary N) is 1. The van der Waals surface area contributed by atoms with Gasteiger partial charge in [-0.15, -0.1) is 0 Å². The summed E-state index contributed by atoms with van der Waals surface area (Å²) in [6, 6.07) is 5.80. The zero-order valence-electron chi connectivity index (χ0n) is 11.2. The summed E-state index contributed by atoms with van der Waals surface area (Å²) in [4.78, 5) is 14.0. The summed E-state index contributed by atoms with van der Waals surface area (Å²) in [5, 5.41) is 3.38. The van der Waals surface area contributed by atoms with Crippen molar-refractivity contribution >= 4 is 17.3 Å². The Bertz CT molecular complexity index is 480. The van der Waals surface area contributed by atoms with Crippen LogP contribution < -0.4 is 16.0 Å². The van der Waals surface area contributed by atoms with Gasteiger partial charge in [0.1, 0.15) is 0 Å². The quantitative estimate of drug-likeness (QED) is 0.810. The molecule has 0 bridgehead atoms. The molecule has 102 valence electrons. The fourth-order valence-corrected chi connectivity index (χ4v) is 3.13. The van der Waals surface area contributed by atoms with Gasteiger partial charge in [-0.05, 0) is 62.0 Å². The number of carbonyl (C=O) groups excluding carboxylic acids is 1. The minimum Gasteiger partial charge on any atom is -0.399 e. The number of hydrogen-bond donors (Lipinski definition) is 2. The standard InChI is InChI=1S/C15H21N3O/c16-13-1-2-14-12(9-13)10-15(19)18(14)8-5-11-3-6-17-7-4-11/h1-2,9,11,17H,3-8,10,16H2. The van der Waals surface area contributed by atoms with Crippen LogP contribution in [0.4, 0.5) is 11.4 Å². The van der Waals surface area contributed by atoms with Crippen molar-refractivity contribution in [1.29, 1.82) is 0 Å². The lowest BCUT2D eigenvalue weighted by Crippen LogP contribution is -2.32. The van der Waals surface area contributed by atoms with Crippen molar-refractivity contribution in [3.8, 4) is 0 Å². The molecule has 2 heterocycles. The van der Waals surface area contributed by atoms with E-state index >= 15 is 0 Å². The number of carbonyl (C=O) groups is 1. The highest BCUT2D eigenvalue weighted by atomic mass is 16.2. The van der Waals surface area contributed by atoms with E-state index in [4.69, 9.17) is 5.73 Å². The maximum atomic E-state index is 12.1. The van der Waals surface area contributed by atoms with Crippen LogP contribution in [0.1, 0.15) is 24.8 Å². The van der Waals surface area contributed by atoms with Gasteiger partial charge in [0.25, 0.3) is 0 Å². The number of benzene rings is 1. The van der Waals surface area contributed by atoms with Crippen molar-refractivity contribution in [3.63, 3.8) is 0 Å². The van der Waals surface area contributed by atoms with Crippen LogP contribution in [0.25, 0.3) is 0 Å². The fraction of sp³-hybridized carbons (Fsp3) is 0.533. The first kappa shape index (κ1) is 12.5. The normalized spacial score (nSPS) is 19.8. The molecular weight excluding hydrogens is 238 g/mol. The number of rotatable bonds is 3. The first-order valence-corrected chi connectivity index (χ1v) is 7.13. The molecule has 0 saturated carbocycles. The summed E-state index contributed by atoms with van der Waals surface area (Å²) in [5.74, 6) is 0.974. The highest BCUT2D eigenvalue weighted by Gasteiger charge is 2.27. The lowest BCUT2D eigenvalue weighted by molar-refractivity contribution is -0.117. The first-order valence-electron chi connectivity index (χ1n) is 7.13. The molecule has 3 N–H and O–H groups in total. The number of nitrogen functional groups attached to an aromatic ring is 1. The van der Waals surface area contributed by atoms with Crippen molar-refractivity contribution in [2.24, 2.45) is 5.92 Å². The SMILES string of the molecule is Nc1ccc2c(c1)CC(=O)N2CCC1CCNCC1. The lowest BCUT2D eigenvalue weighted by atomic mass is 9.94. The zero-order valence-corrected chi connectivity index (χ0v) is 11.2. The van der Waals surface area contributed by atoms with Gasteiger partial charge in [-0.3, -0.25) is 4.79 Å². The summed E-state index contributed by atoms with van der Waals surface area (Å²) < 4.78 is 0. The molecule has 19 heavy (non-hydrogen) atoms. The minimum absolute atomic E-state index is 0.217. The number of nitrogens with zero attached hydrogens (tertiary/aromatic N) is 1. The highest BCUT2D eigenvalue weighted by Crippen LogP contribution is 2.31. The van der Waals surface area contributed by atoms with Gasteiger partial charge >= 0.3 is 0 Å². The van der Waals surface area contributed by atoms with Crippen LogP contribution in [-0.4, -0.2) is 25.5 Å². The molecular formula is C15H21N3O. The number of amides is 1. The third-order valence-corrected chi connectivity index (χ3v) is 4.26. The predicted molar refractivity (Wildman–Crippen MR) is 77.1 cm³/mol. The molecule has 1 amide bonds. The fourth-order valence-electron chi connectivity index (χ4n) is 3.13. The molecule has 4 heteroatoms. The van der Waals surface area contributed by atoms with Crippen molar-refractivity contribution in [1.82, 2.24) is 5.32 Å². The monoisotopic (exact) mass is 259 g/mol.